The number of nitrogens with zero attached hydrogens (tertiary/aromatic N) is 1. The Kier molecular flexibility index (Phi) is 1.90. The van der Waals surface area contributed by atoms with Crippen LogP contribution in [-0.4, -0.2) is 23.2 Å². The summed E-state index contributed by atoms with van der Waals surface area (Å²) in [4.78, 5) is 4.11. The maximum Gasteiger partial charge on any atom is 0.131 e. The van der Waals surface area contributed by atoms with Crippen LogP contribution in [0.1, 0.15) is 5.69 Å². The minimum Gasteiger partial charge on any atom is -0.381 e. The van der Waals surface area contributed by atoms with E-state index in [1.807, 2.05) is 12.1 Å². The Bertz CT molecular complexity index is 299. The van der Waals surface area contributed by atoms with E-state index in [-0.39, 0.29) is 0 Å². The smallest absolute Gasteiger partial charge is 0.131 e. The Balaban J connectivity index is 2.33. The van der Waals surface area contributed by atoms with Crippen molar-refractivity contribution in [3.05, 3.63) is 28.5 Å². The number of β-amino-alcohol motifs (C(OH)–C–C–N with tert-alkyl or cyclic N) is 1. The molecule has 0 amide bonds. The first-order valence-corrected chi connectivity index (χ1v) is 4.55. The fourth-order valence-corrected chi connectivity index (χ4v) is 1.54. The van der Waals surface area contributed by atoms with E-state index in [0.29, 0.717) is 13.1 Å². The zero-order valence-electron chi connectivity index (χ0n) is 6.42. The third-order valence-corrected chi connectivity index (χ3v) is 2.53. The maximum atomic E-state index is 9.86. The van der Waals surface area contributed by atoms with Gasteiger partial charge < -0.3 is 10.4 Å². The largest absolute Gasteiger partial charge is 0.381 e. The predicted molar refractivity (Wildman–Crippen MR) is 48.7 cm³/mol. The van der Waals surface area contributed by atoms with Crippen LogP contribution in [0.3, 0.4) is 0 Å². The zero-order chi connectivity index (χ0) is 8.60. The first kappa shape index (κ1) is 8.16. The number of aromatic nitrogens is 1. The first-order chi connectivity index (χ1) is 5.71. The average Bonchev–Trinajstić information content (AvgIpc) is 2.00. The molecule has 2 rings (SSSR count). The molecule has 1 aliphatic heterocycles. The molecule has 12 heavy (non-hydrogen) atoms. The van der Waals surface area contributed by atoms with E-state index in [2.05, 4.69) is 26.2 Å². The SMILES string of the molecule is OC1(c2cc(Br)ccn2)CNC1. The van der Waals surface area contributed by atoms with Crippen molar-refractivity contribution in [2.75, 3.05) is 13.1 Å². The minimum absolute atomic E-state index is 0.594. The number of nitrogens with one attached hydrogen (secondary N) is 1. The van der Waals surface area contributed by atoms with Gasteiger partial charge in [-0.3, -0.25) is 4.98 Å². The lowest BCUT2D eigenvalue weighted by Crippen LogP contribution is -2.57. The van der Waals surface area contributed by atoms with Crippen LogP contribution in [0.5, 0.6) is 0 Å². The second-order valence-corrected chi connectivity index (χ2v) is 3.91. The summed E-state index contributed by atoms with van der Waals surface area (Å²) >= 11 is 3.34. The molecule has 1 aromatic rings. The molecule has 0 saturated carbocycles. The van der Waals surface area contributed by atoms with Crippen LogP contribution in [0.4, 0.5) is 0 Å². The monoisotopic (exact) mass is 228 g/mol. The van der Waals surface area contributed by atoms with Gasteiger partial charge in [0.05, 0.1) is 5.69 Å². The van der Waals surface area contributed by atoms with Crippen molar-refractivity contribution < 1.29 is 5.11 Å². The summed E-state index contributed by atoms with van der Waals surface area (Å²) in [7, 11) is 0. The van der Waals surface area contributed by atoms with E-state index in [0.717, 1.165) is 10.2 Å². The standard InChI is InChI=1S/C8H9BrN2O/c9-6-1-2-11-7(3-6)8(12)4-10-5-8/h1-3,10,12H,4-5H2. The molecule has 1 aliphatic rings. The van der Waals surface area contributed by atoms with Gasteiger partial charge in [-0.2, -0.15) is 0 Å². The molecule has 0 aliphatic carbocycles. The van der Waals surface area contributed by atoms with Gasteiger partial charge >= 0.3 is 0 Å². The fraction of sp³-hybridized carbons (Fsp3) is 0.375. The summed E-state index contributed by atoms with van der Waals surface area (Å²) in [6, 6.07) is 3.69. The highest BCUT2D eigenvalue weighted by atomic mass is 79.9. The lowest BCUT2D eigenvalue weighted by Gasteiger charge is -2.36. The van der Waals surface area contributed by atoms with Crippen LogP contribution in [-0.2, 0) is 5.60 Å². The molecular formula is C8H9BrN2O. The summed E-state index contributed by atoms with van der Waals surface area (Å²) in [5.41, 5.74) is -0.0142. The summed E-state index contributed by atoms with van der Waals surface area (Å²) in [5, 5.41) is 12.9. The van der Waals surface area contributed by atoms with Gasteiger partial charge in [-0.05, 0) is 12.1 Å². The normalized spacial score (nSPS) is 20.2. The molecule has 0 atom stereocenters. The van der Waals surface area contributed by atoms with Crippen LogP contribution in [0.2, 0.25) is 0 Å². The van der Waals surface area contributed by atoms with Crippen LogP contribution in [0, 0.1) is 0 Å². The molecule has 1 aromatic heterocycles. The highest BCUT2D eigenvalue weighted by Crippen LogP contribution is 2.24. The van der Waals surface area contributed by atoms with E-state index in [1.54, 1.807) is 6.20 Å². The molecule has 0 aromatic carbocycles. The average molecular weight is 229 g/mol. The van der Waals surface area contributed by atoms with E-state index < -0.39 is 5.60 Å². The number of halogens is 1. The number of rotatable bonds is 1. The highest BCUT2D eigenvalue weighted by molar-refractivity contribution is 9.10. The second-order valence-electron chi connectivity index (χ2n) is 2.99. The number of pyridine rings is 1. The van der Waals surface area contributed by atoms with Crippen LogP contribution in [0.25, 0.3) is 0 Å². The summed E-state index contributed by atoms with van der Waals surface area (Å²) < 4.78 is 0.952. The fourth-order valence-electron chi connectivity index (χ4n) is 1.20. The topological polar surface area (TPSA) is 45.2 Å². The maximum absolute atomic E-state index is 9.86. The molecule has 2 N–H and O–H groups in total. The molecule has 1 saturated heterocycles. The van der Waals surface area contributed by atoms with Crippen molar-refractivity contribution in [1.82, 2.24) is 10.3 Å². The van der Waals surface area contributed by atoms with Crippen molar-refractivity contribution >= 4 is 15.9 Å². The summed E-state index contributed by atoms with van der Waals surface area (Å²) in [5.74, 6) is 0. The Labute approximate surface area is 79.0 Å². The molecule has 64 valence electrons. The van der Waals surface area contributed by atoms with Crippen molar-refractivity contribution in [2.24, 2.45) is 0 Å². The van der Waals surface area contributed by atoms with Gasteiger partial charge in [0.1, 0.15) is 5.60 Å². The molecule has 3 nitrogen and oxygen atoms in total. The van der Waals surface area contributed by atoms with Crippen molar-refractivity contribution in [2.45, 2.75) is 5.60 Å². The van der Waals surface area contributed by atoms with Crippen LogP contribution >= 0.6 is 15.9 Å². The Hall–Kier alpha value is -0.450. The first-order valence-electron chi connectivity index (χ1n) is 3.76. The zero-order valence-corrected chi connectivity index (χ0v) is 8.00. The van der Waals surface area contributed by atoms with E-state index in [9.17, 15) is 5.11 Å². The van der Waals surface area contributed by atoms with Gasteiger partial charge in [-0.1, -0.05) is 15.9 Å². The Morgan fingerprint density at radius 1 is 1.58 bits per heavy atom. The molecule has 0 spiro atoms. The third-order valence-electron chi connectivity index (χ3n) is 2.03. The molecule has 2 heterocycles. The van der Waals surface area contributed by atoms with E-state index in [1.165, 1.54) is 0 Å². The number of hydrogen-bond donors (Lipinski definition) is 2. The van der Waals surface area contributed by atoms with E-state index >= 15 is 0 Å². The Morgan fingerprint density at radius 3 is 2.83 bits per heavy atom. The minimum atomic E-state index is -0.746. The molecule has 0 unspecified atom stereocenters. The quantitative estimate of drug-likeness (QED) is 0.742. The van der Waals surface area contributed by atoms with Gasteiger partial charge in [0.15, 0.2) is 0 Å². The van der Waals surface area contributed by atoms with Crippen LogP contribution in [0.15, 0.2) is 22.8 Å². The van der Waals surface area contributed by atoms with Gasteiger partial charge in [-0.25, -0.2) is 0 Å². The van der Waals surface area contributed by atoms with Crippen LogP contribution < -0.4 is 5.32 Å². The van der Waals surface area contributed by atoms with Gasteiger partial charge in [0.25, 0.3) is 0 Å². The second kappa shape index (κ2) is 2.80. The molecule has 1 fully saturated rings. The van der Waals surface area contributed by atoms with Crippen molar-refractivity contribution in [3.8, 4) is 0 Å². The third kappa shape index (κ3) is 1.26. The van der Waals surface area contributed by atoms with Crippen molar-refractivity contribution in [3.63, 3.8) is 0 Å². The Morgan fingerprint density at radius 2 is 2.33 bits per heavy atom. The van der Waals surface area contributed by atoms with E-state index in [4.69, 9.17) is 0 Å². The van der Waals surface area contributed by atoms with Gasteiger partial charge in [0, 0.05) is 23.8 Å². The lowest BCUT2D eigenvalue weighted by atomic mass is 9.93. The summed E-state index contributed by atoms with van der Waals surface area (Å²) in [6.07, 6.45) is 1.69. The van der Waals surface area contributed by atoms with Crippen molar-refractivity contribution in [1.29, 1.82) is 0 Å². The van der Waals surface area contributed by atoms with Gasteiger partial charge in [-0.15, -0.1) is 0 Å². The number of hydrogen-bond acceptors (Lipinski definition) is 3. The molecular weight excluding hydrogens is 220 g/mol. The lowest BCUT2D eigenvalue weighted by molar-refractivity contribution is -0.0186. The highest BCUT2D eigenvalue weighted by Gasteiger charge is 2.37. The predicted octanol–water partition coefficient (Wildman–Crippen LogP) is 0.635. The number of aliphatic hydroxyl groups is 1. The molecule has 0 radical (unpaired) electrons. The van der Waals surface area contributed by atoms with Gasteiger partial charge in [0.2, 0.25) is 0 Å². The molecule has 0 bridgehead atoms. The summed E-state index contributed by atoms with van der Waals surface area (Å²) in [6.45, 7) is 1.19. The molecule has 4 heteroatoms.